The zero-order valence-electron chi connectivity index (χ0n) is 22.6. The Morgan fingerprint density at radius 3 is 2.11 bits per heavy atom. The summed E-state index contributed by atoms with van der Waals surface area (Å²) >= 11 is 10.7. The number of halogens is 1. The van der Waals surface area contributed by atoms with Gasteiger partial charge in [0.25, 0.3) is 5.91 Å². The maximum atomic E-state index is 14.0. The standard InChI is InChI=1S/C28H38ClN3O4S/c1-8-15-32(26(34)21(16-37)30-27(35)36-28(5,6)7)24(22-17(2)11-9-12-18(22)3)25(33)31-23-19(4)13-10-14-20(23)29/h9-14,21,24,37H,8,15-16H2,1-7H3,(H,30,35)(H,31,33). The van der Waals surface area contributed by atoms with Crippen molar-refractivity contribution in [2.45, 2.75) is 72.6 Å². The van der Waals surface area contributed by atoms with Gasteiger partial charge in [0.1, 0.15) is 17.7 Å². The number of rotatable bonds is 9. The predicted octanol–water partition coefficient (Wildman–Crippen LogP) is 6.01. The van der Waals surface area contributed by atoms with E-state index < -0.39 is 35.6 Å². The molecule has 0 aliphatic heterocycles. The van der Waals surface area contributed by atoms with Crippen LogP contribution in [0.2, 0.25) is 5.02 Å². The molecule has 0 bridgehead atoms. The lowest BCUT2D eigenvalue weighted by atomic mass is 9.93. The van der Waals surface area contributed by atoms with Crippen LogP contribution in [0.25, 0.3) is 0 Å². The number of ether oxygens (including phenoxy) is 1. The maximum absolute atomic E-state index is 14.0. The van der Waals surface area contributed by atoms with Crippen LogP contribution in [0, 0.1) is 20.8 Å². The molecule has 0 heterocycles. The van der Waals surface area contributed by atoms with E-state index in [1.807, 2.05) is 58.0 Å². The van der Waals surface area contributed by atoms with Crippen molar-refractivity contribution in [3.8, 4) is 0 Å². The number of thiol groups is 1. The van der Waals surface area contributed by atoms with Crippen LogP contribution in [-0.2, 0) is 14.3 Å². The molecule has 2 aromatic carbocycles. The second kappa shape index (κ2) is 13.2. The first-order valence-corrected chi connectivity index (χ1v) is 13.3. The molecular formula is C28H38ClN3O4S. The van der Waals surface area contributed by atoms with Gasteiger partial charge in [-0.25, -0.2) is 4.79 Å². The lowest BCUT2D eigenvalue weighted by Crippen LogP contribution is -2.53. The van der Waals surface area contributed by atoms with Crippen molar-refractivity contribution in [3.63, 3.8) is 0 Å². The van der Waals surface area contributed by atoms with E-state index in [2.05, 4.69) is 23.3 Å². The number of hydrogen-bond donors (Lipinski definition) is 3. The number of carbonyl (C=O) groups excluding carboxylic acids is 3. The van der Waals surface area contributed by atoms with Gasteiger partial charge in [0.2, 0.25) is 5.91 Å². The third-order valence-corrected chi connectivity index (χ3v) is 6.45. The van der Waals surface area contributed by atoms with Crippen molar-refractivity contribution in [1.82, 2.24) is 10.2 Å². The number of amides is 3. The predicted molar refractivity (Wildman–Crippen MR) is 152 cm³/mol. The van der Waals surface area contributed by atoms with E-state index in [4.69, 9.17) is 16.3 Å². The summed E-state index contributed by atoms with van der Waals surface area (Å²) < 4.78 is 5.35. The molecule has 0 aromatic heterocycles. The molecule has 7 nitrogen and oxygen atoms in total. The fourth-order valence-electron chi connectivity index (χ4n) is 4.11. The van der Waals surface area contributed by atoms with Crippen molar-refractivity contribution in [2.24, 2.45) is 0 Å². The molecule has 0 aliphatic rings. The molecule has 0 spiro atoms. The molecule has 2 N–H and O–H groups in total. The third-order valence-electron chi connectivity index (χ3n) is 5.76. The Labute approximate surface area is 230 Å². The van der Waals surface area contributed by atoms with Crippen LogP contribution in [0.15, 0.2) is 36.4 Å². The molecule has 2 rings (SSSR count). The lowest BCUT2D eigenvalue weighted by Gasteiger charge is -2.35. The first-order chi connectivity index (χ1) is 17.3. The van der Waals surface area contributed by atoms with Gasteiger partial charge in [0, 0.05) is 12.3 Å². The molecule has 0 fully saturated rings. The van der Waals surface area contributed by atoms with Gasteiger partial charge < -0.3 is 20.3 Å². The van der Waals surface area contributed by atoms with Crippen molar-refractivity contribution >= 4 is 47.8 Å². The summed E-state index contributed by atoms with van der Waals surface area (Å²) in [6.07, 6.45) is -0.131. The number of alkyl carbamates (subject to hydrolysis) is 1. The van der Waals surface area contributed by atoms with E-state index in [0.717, 1.165) is 22.3 Å². The Morgan fingerprint density at radius 1 is 1.03 bits per heavy atom. The molecule has 0 saturated heterocycles. The number of anilines is 1. The Hall–Kier alpha value is -2.71. The average molecular weight is 548 g/mol. The van der Waals surface area contributed by atoms with Gasteiger partial charge in [-0.15, -0.1) is 0 Å². The SMILES string of the molecule is CCCN(C(=O)C(CS)NC(=O)OC(C)(C)C)C(C(=O)Nc1c(C)cccc1Cl)c1c(C)cccc1C. The fraction of sp³-hybridized carbons (Fsp3) is 0.464. The minimum Gasteiger partial charge on any atom is -0.444 e. The van der Waals surface area contributed by atoms with Gasteiger partial charge in [0.05, 0.1) is 10.7 Å². The molecule has 202 valence electrons. The van der Waals surface area contributed by atoms with E-state index in [1.165, 1.54) is 4.90 Å². The molecule has 2 atom stereocenters. The van der Waals surface area contributed by atoms with Gasteiger partial charge in [-0.3, -0.25) is 9.59 Å². The van der Waals surface area contributed by atoms with Gasteiger partial charge in [-0.05, 0) is 76.3 Å². The van der Waals surface area contributed by atoms with Gasteiger partial charge in [-0.2, -0.15) is 12.6 Å². The molecule has 2 unspecified atom stereocenters. The van der Waals surface area contributed by atoms with Crippen LogP contribution in [0.1, 0.15) is 62.4 Å². The monoisotopic (exact) mass is 547 g/mol. The summed E-state index contributed by atoms with van der Waals surface area (Å²) in [4.78, 5) is 41.9. The van der Waals surface area contributed by atoms with E-state index in [9.17, 15) is 14.4 Å². The van der Waals surface area contributed by atoms with E-state index in [0.29, 0.717) is 17.1 Å². The zero-order valence-corrected chi connectivity index (χ0v) is 24.3. The molecule has 9 heteroatoms. The molecule has 37 heavy (non-hydrogen) atoms. The minimum absolute atomic E-state index is 0.0308. The van der Waals surface area contributed by atoms with Crippen LogP contribution in [0.3, 0.4) is 0 Å². The van der Waals surface area contributed by atoms with Crippen molar-refractivity contribution in [2.75, 3.05) is 17.6 Å². The lowest BCUT2D eigenvalue weighted by molar-refractivity contribution is -0.140. The molecule has 2 aromatic rings. The number of aryl methyl sites for hydroxylation is 3. The third kappa shape index (κ3) is 8.14. The Kier molecular flexibility index (Phi) is 10.9. The zero-order chi connectivity index (χ0) is 27.9. The minimum atomic E-state index is -0.994. The molecule has 3 amide bonds. The largest absolute Gasteiger partial charge is 0.444 e. The van der Waals surface area contributed by atoms with Gasteiger partial charge in [0.15, 0.2) is 0 Å². The summed E-state index contributed by atoms with van der Waals surface area (Å²) in [5.41, 5.74) is 3.02. The number of para-hydroxylation sites is 1. The summed E-state index contributed by atoms with van der Waals surface area (Å²) in [6.45, 7) is 13.1. The highest BCUT2D eigenvalue weighted by Crippen LogP contribution is 2.32. The molecule has 0 saturated carbocycles. The average Bonchev–Trinajstić information content (AvgIpc) is 2.79. The highest BCUT2D eigenvalue weighted by molar-refractivity contribution is 7.80. The number of nitrogens with one attached hydrogen (secondary N) is 2. The van der Waals surface area contributed by atoms with E-state index >= 15 is 0 Å². The summed E-state index contributed by atoms with van der Waals surface area (Å²) in [6, 6.07) is 9.14. The van der Waals surface area contributed by atoms with Crippen LogP contribution in [0.5, 0.6) is 0 Å². The Balaban J connectivity index is 2.56. The number of hydrogen-bond acceptors (Lipinski definition) is 5. The fourth-order valence-corrected chi connectivity index (χ4v) is 4.63. The second-order valence-electron chi connectivity index (χ2n) is 10.0. The van der Waals surface area contributed by atoms with Crippen LogP contribution < -0.4 is 10.6 Å². The summed E-state index contributed by atoms with van der Waals surface area (Å²) in [5, 5.41) is 5.99. The Bertz CT molecular complexity index is 1090. The second-order valence-corrected chi connectivity index (χ2v) is 10.8. The van der Waals surface area contributed by atoms with Crippen LogP contribution in [0.4, 0.5) is 10.5 Å². The number of benzene rings is 2. The smallest absolute Gasteiger partial charge is 0.408 e. The summed E-state index contributed by atoms with van der Waals surface area (Å²) in [5.74, 6) is -0.796. The highest BCUT2D eigenvalue weighted by atomic mass is 35.5. The quantitative estimate of drug-likeness (QED) is 0.336. The van der Waals surface area contributed by atoms with Crippen LogP contribution in [-0.4, -0.2) is 46.7 Å². The number of nitrogens with zero attached hydrogens (tertiary/aromatic N) is 1. The first-order valence-electron chi connectivity index (χ1n) is 12.3. The topological polar surface area (TPSA) is 87.7 Å². The van der Waals surface area contributed by atoms with Crippen molar-refractivity contribution in [3.05, 3.63) is 63.7 Å². The highest BCUT2D eigenvalue weighted by Gasteiger charge is 2.37. The van der Waals surface area contributed by atoms with E-state index in [-0.39, 0.29) is 12.3 Å². The first kappa shape index (κ1) is 30.5. The van der Waals surface area contributed by atoms with Gasteiger partial charge in [-0.1, -0.05) is 48.9 Å². The van der Waals surface area contributed by atoms with E-state index in [1.54, 1.807) is 26.8 Å². The summed E-state index contributed by atoms with van der Waals surface area (Å²) in [7, 11) is 0. The van der Waals surface area contributed by atoms with Gasteiger partial charge >= 0.3 is 6.09 Å². The van der Waals surface area contributed by atoms with Crippen molar-refractivity contribution < 1.29 is 19.1 Å². The molecular weight excluding hydrogens is 510 g/mol. The van der Waals surface area contributed by atoms with Crippen molar-refractivity contribution in [1.29, 1.82) is 0 Å². The maximum Gasteiger partial charge on any atom is 0.408 e. The normalized spacial score (nSPS) is 12.9. The number of carbonyl (C=O) groups is 3. The Morgan fingerprint density at radius 2 is 1.59 bits per heavy atom. The molecule has 0 radical (unpaired) electrons. The van der Waals surface area contributed by atoms with Crippen LogP contribution >= 0.6 is 24.2 Å². The molecule has 0 aliphatic carbocycles.